The number of morpholine rings is 1. The summed E-state index contributed by atoms with van der Waals surface area (Å²) in [7, 11) is 0. The van der Waals surface area contributed by atoms with Crippen molar-refractivity contribution in [2.45, 2.75) is 32.9 Å². The van der Waals surface area contributed by atoms with Crippen LogP contribution in [0, 0.1) is 5.82 Å². The third-order valence-electron chi connectivity index (χ3n) is 5.14. The molecule has 31 heavy (non-hydrogen) atoms. The number of nitrogens with zero attached hydrogens (tertiary/aromatic N) is 5. The highest BCUT2D eigenvalue weighted by molar-refractivity contribution is 14.0. The van der Waals surface area contributed by atoms with Gasteiger partial charge in [-0.15, -0.1) is 34.2 Å². The highest BCUT2D eigenvalue weighted by Gasteiger charge is 2.23. The smallest absolute Gasteiger partial charge is 0.191 e. The highest BCUT2D eigenvalue weighted by atomic mass is 127. The Balaban J connectivity index is 0.00000341. The van der Waals surface area contributed by atoms with E-state index in [1.54, 1.807) is 18.5 Å². The lowest BCUT2D eigenvalue weighted by Gasteiger charge is -2.34. The van der Waals surface area contributed by atoms with Crippen LogP contribution in [0.5, 0.6) is 0 Å². The molecule has 172 valence electrons. The zero-order valence-electron chi connectivity index (χ0n) is 18.3. The van der Waals surface area contributed by atoms with Crippen molar-refractivity contribution in [1.82, 2.24) is 30.3 Å². The van der Waals surface area contributed by atoms with Crippen LogP contribution in [-0.4, -0.2) is 71.6 Å². The van der Waals surface area contributed by atoms with Crippen molar-refractivity contribution in [1.29, 1.82) is 0 Å². The van der Waals surface area contributed by atoms with E-state index in [1.165, 1.54) is 6.07 Å². The van der Waals surface area contributed by atoms with E-state index in [0.29, 0.717) is 26.3 Å². The molecule has 1 aliphatic rings. The number of aliphatic imine (C=N–C) groups is 1. The van der Waals surface area contributed by atoms with Gasteiger partial charge in [-0.05, 0) is 24.6 Å². The van der Waals surface area contributed by atoms with Gasteiger partial charge in [0.2, 0.25) is 0 Å². The molecule has 8 nitrogen and oxygen atoms in total. The molecule has 1 fully saturated rings. The molecule has 3 rings (SSSR count). The number of rotatable bonds is 9. The molecule has 1 aliphatic heterocycles. The number of aromatic nitrogens is 3. The first kappa shape index (κ1) is 25.5. The average molecular weight is 545 g/mol. The minimum absolute atomic E-state index is 0. The molecule has 0 aliphatic carbocycles. The van der Waals surface area contributed by atoms with Crippen LogP contribution in [0.2, 0.25) is 0 Å². The van der Waals surface area contributed by atoms with E-state index in [4.69, 9.17) is 9.73 Å². The van der Waals surface area contributed by atoms with Gasteiger partial charge in [-0.25, -0.2) is 4.39 Å². The van der Waals surface area contributed by atoms with E-state index in [0.717, 1.165) is 49.9 Å². The van der Waals surface area contributed by atoms with Crippen molar-refractivity contribution in [2.75, 3.05) is 45.9 Å². The van der Waals surface area contributed by atoms with E-state index in [1.807, 2.05) is 17.6 Å². The fraction of sp³-hybridized carbons (Fsp3) is 0.571. The lowest BCUT2D eigenvalue weighted by Crippen LogP contribution is -2.42. The zero-order valence-corrected chi connectivity index (χ0v) is 20.6. The molecule has 1 aromatic carbocycles. The molecule has 0 bridgehead atoms. The minimum Gasteiger partial charge on any atom is -0.379 e. The molecule has 0 radical (unpaired) electrons. The van der Waals surface area contributed by atoms with E-state index in [2.05, 4.69) is 32.7 Å². The summed E-state index contributed by atoms with van der Waals surface area (Å²) in [4.78, 5) is 7.12. The van der Waals surface area contributed by atoms with Gasteiger partial charge >= 0.3 is 0 Å². The Bertz CT molecular complexity index is 811. The molecule has 1 saturated heterocycles. The molecule has 1 aromatic heterocycles. The SMILES string of the molecule is CCNC(=NCC(c1cccc(F)c1)N1CCOCC1)NCCn1cnnc1CC.I. The molecule has 0 amide bonds. The summed E-state index contributed by atoms with van der Waals surface area (Å²) in [5, 5.41) is 14.8. The summed E-state index contributed by atoms with van der Waals surface area (Å²) in [5.74, 6) is 1.50. The van der Waals surface area contributed by atoms with E-state index in [-0.39, 0.29) is 35.8 Å². The highest BCUT2D eigenvalue weighted by Crippen LogP contribution is 2.23. The minimum atomic E-state index is -0.222. The van der Waals surface area contributed by atoms with Gasteiger partial charge in [-0.3, -0.25) is 9.89 Å². The Labute approximate surface area is 200 Å². The molecule has 0 saturated carbocycles. The second kappa shape index (κ2) is 13.6. The van der Waals surface area contributed by atoms with Crippen LogP contribution in [-0.2, 0) is 17.7 Å². The Kier molecular flexibility index (Phi) is 11.2. The fourth-order valence-electron chi connectivity index (χ4n) is 3.59. The summed E-state index contributed by atoms with van der Waals surface area (Å²) >= 11 is 0. The molecule has 1 unspecified atom stereocenters. The molecule has 2 aromatic rings. The zero-order chi connectivity index (χ0) is 21.2. The van der Waals surface area contributed by atoms with Crippen molar-refractivity contribution in [3.63, 3.8) is 0 Å². The molecule has 1 atom stereocenters. The lowest BCUT2D eigenvalue weighted by atomic mass is 10.0. The van der Waals surface area contributed by atoms with Crippen molar-refractivity contribution < 1.29 is 9.13 Å². The second-order valence-corrected chi connectivity index (χ2v) is 7.16. The second-order valence-electron chi connectivity index (χ2n) is 7.16. The van der Waals surface area contributed by atoms with Crippen LogP contribution >= 0.6 is 24.0 Å². The number of hydrogen-bond acceptors (Lipinski definition) is 5. The van der Waals surface area contributed by atoms with Crippen LogP contribution in [0.15, 0.2) is 35.6 Å². The van der Waals surface area contributed by atoms with Crippen molar-refractivity contribution in [3.8, 4) is 0 Å². The lowest BCUT2D eigenvalue weighted by molar-refractivity contribution is 0.0179. The average Bonchev–Trinajstić information content (AvgIpc) is 3.22. The molecule has 0 spiro atoms. The van der Waals surface area contributed by atoms with Gasteiger partial charge in [0, 0.05) is 39.1 Å². The van der Waals surface area contributed by atoms with Crippen LogP contribution in [0.4, 0.5) is 4.39 Å². The third kappa shape index (κ3) is 7.69. The number of benzene rings is 1. The maximum absolute atomic E-state index is 13.9. The van der Waals surface area contributed by atoms with Gasteiger partial charge in [0.05, 0.1) is 25.8 Å². The molecular formula is C21H33FIN7O. The summed E-state index contributed by atoms with van der Waals surface area (Å²) < 4.78 is 21.4. The molecule has 10 heteroatoms. The number of nitrogens with one attached hydrogen (secondary N) is 2. The van der Waals surface area contributed by atoms with Crippen molar-refractivity contribution >= 4 is 29.9 Å². The predicted molar refractivity (Wildman–Crippen MR) is 130 cm³/mol. The standard InChI is InChI=1S/C21H32FN7O.HI/c1-3-20-27-26-16-29(20)9-8-24-21(23-4-2)25-15-19(28-10-12-30-13-11-28)17-6-5-7-18(22)14-17;/h5-7,14,16,19H,3-4,8-13,15H2,1-2H3,(H2,23,24,25);1H. The van der Waals surface area contributed by atoms with Gasteiger partial charge in [0.25, 0.3) is 0 Å². The Hall–Kier alpha value is -1.79. The molecule has 2 N–H and O–H groups in total. The summed E-state index contributed by atoms with van der Waals surface area (Å²) in [6.45, 7) is 9.88. The van der Waals surface area contributed by atoms with Gasteiger partial charge < -0.3 is 19.9 Å². The first-order valence-corrected chi connectivity index (χ1v) is 10.7. The fourth-order valence-corrected chi connectivity index (χ4v) is 3.59. The third-order valence-corrected chi connectivity index (χ3v) is 5.14. The van der Waals surface area contributed by atoms with Crippen LogP contribution in [0.3, 0.4) is 0 Å². The van der Waals surface area contributed by atoms with Crippen LogP contribution < -0.4 is 10.6 Å². The molecular weight excluding hydrogens is 512 g/mol. The Morgan fingerprint density at radius 3 is 2.77 bits per heavy atom. The van der Waals surface area contributed by atoms with Gasteiger partial charge in [-0.2, -0.15) is 0 Å². The summed E-state index contributed by atoms with van der Waals surface area (Å²) in [6.07, 6.45) is 2.60. The normalized spacial score (nSPS) is 15.9. The van der Waals surface area contributed by atoms with Crippen LogP contribution in [0.25, 0.3) is 0 Å². The first-order valence-electron chi connectivity index (χ1n) is 10.7. The van der Waals surface area contributed by atoms with Gasteiger partial charge in [0.1, 0.15) is 18.0 Å². The van der Waals surface area contributed by atoms with Gasteiger partial charge in [-0.1, -0.05) is 19.1 Å². The first-order chi connectivity index (χ1) is 14.7. The van der Waals surface area contributed by atoms with E-state index < -0.39 is 0 Å². The summed E-state index contributed by atoms with van der Waals surface area (Å²) in [5.41, 5.74) is 0.938. The maximum Gasteiger partial charge on any atom is 0.191 e. The van der Waals surface area contributed by atoms with Crippen LogP contribution in [0.1, 0.15) is 31.3 Å². The Morgan fingerprint density at radius 2 is 2.06 bits per heavy atom. The van der Waals surface area contributed by atoms with Crippen molar-refractivity contribution in [2.24, 2.45) is 4.99 Å². The largest absolute Gasteiger partial charge is 0.379 e. The predicted octanol–water partition coefficient (Wildman–Crippen LogP) is 2.23. The van der Waals surface area contributed by atoms with E-state index >= 15 is 0 Å². The number of ether oxygens (including phenoxy) is 1. The number of hydrogen-bond donors (Lipinski definition) is 2. The van der Waals surface area contributed by atoms with Gasteiger partial charge in [0.15, 0.2) is 5.96 Å². The van der Waals surface area contributed by atoms with E-state index in [9.17, 15) is 4.39 Å². The number of aryl methyl sites for hydroxylation is 1. The topological polar surface area (TPSA) is 79.6 Å². The number of guanidine groups is 1. The number of halogens is 2. The Morgan fingerprint density at radius 1 is 1.26 bits per heavy atom. The maximum atomic E-state index is 13.9. The molecule has 2 heterocycles. The monoisotopic (exact) mass is 545 g/mol. The van der Waals surface area contributed by atoms with Crippen molar-refractivity contribution in [3.05, 3.63) is 47.8 Å². The summed E-state index contributed by atoms with van der Waals surface area (Å²) in [6, 6.07) is 6.82. The quantitative estimate of drug-likeness (QED) is 0.286.